The zero-order valence-electron chi connectivity index (χ0n) is 9.40. The van der Waals surface area contributed by atoms with E-state index in [4.69, 9.17) is 4.74 Å². The maximum atomic E-state index is 5.48. The Morgan fingerprint density at radius 1 is 0.882 bits per heavy atom. The Kier molecular flexibility index (Phi) is 3.69. The van der Waals surface area contributed by atoms with Crippen LogP contribution in [0.15, 0.2) is 10.3 Å². The van der Waals surface area contributed by atoms with Crippen LogP contribution in [0.1, 0.15) is 11.6 Å². The van der Waals surface area contributed by atoms with Crippen LogP contribution in [0, 0.1) is 0 Å². The van der Waals surface area contributed by atoms with Crippen LogP contribution in [0.3, 0.4) is 0 Å². The van der Waals surface area contributed by atoms with E-state index in [2.05, 4.69) is 45.7 Å². The van der Waals surface area contributed by atoms with Crippen molar-refractivity contribution in [3.8, 4) is 0 Å². The van der Waals surface area contributed by atoms with Gasteiger partial charge in [-0.05, 0) is 0 Å². The van der Waals surface area contributed by atoms with Crippen molar-refractivity contribution in [3.63, 3.8) is 0 Å². The van der Waals surface area contributed by atoms with E-state index in [-0.39, 0.29) is 0 Å². The van der Waals surface area contributed by atoms with Crippen LogP contribution >= 0.6 is 25.3 Å². The van der Waals surface area contributed by atoms with Crippen molar-refractivity contribution < 1.29 is 4.74 Å². The summed E-state index contributed by atoms with van der Waals surface area (Å²) >= 11 is 8.26. The van der Waals surface area contributed by atoms with Crippen molar-refractivity contribution in [1.82, 2.24) is 29.5 Å². The lowest BCUT2D eigenvalue weighted by atomic mass is 10.6. The van der Waals surface area contributed by atoms with Gasteiger partial charge in [0.05, 0.1) is 0 Å². The van der Waals surface area contributed by atoms with Crippen molar-refractivity contribution in [3.05, 3.63) is 11.6 Å². The summed E-state index contributed by atoms with van der Waals surface area (Å²) < 4.78 is 8.99. The number of ether oxygens (including phenoxy) is 1. The van der Waals surface area contributed by atoms with Crippen LogP contribution in [0.25, 0.3) is 0 Å². The van der Waals surface area contributed by atoms with Crippen LogP contribution in [0.5, 0.6) is 0 Å². The number of hydrogen-bond donors (Lipinski definition) is 2. The molecule has 0 N–H and O–H groups in total. The fourth-order valence-corrected chi connectivity index (χ4v) is 1.51. The number of rotatable bonds is 4. The molecule has 0 atom stereocenters. The predicted octanol–water partition coefficient (Wildman–Crippen LogP) is 0.238. The molecule has 92 valence electrons. The average molecular weight is 272 g/mol. The molecule has 2 aromatic rings. The van der Waals surface area contributed by atoms with Gasteiger partial charge in [-0.2, -0.15) is 0 Å². The lowest BCUT2D eigenvalue weighted by molar-refractivity contribution is 0.0922. The van der Waals surface area contributed by atoms with E-state index in [1.165, 1.54) is 0 Å². The first kappa shape index (κ1) is 12.4. The fourth-order valence-electron chi connectivity index (χ4n) is 1.19. The quantitative estimate of drug-likeness (QED) is 0.780. The molecule has 0 spiro atoms. The number of thiol groups is 2. The Morgan fingerprint density at radius 3 is 1.59 bits per heavy atom. The molecule has 2 rings (SSSR count). The highest BCUT2D eigenvalue weighted by Crippen LogP contribution is 2.07. The van der Waals surface area contributed by atoms with Crippen molar-refractivity contribution in [2.24, 2.45) is 14.1 Å². The fraction of sp³-hybridized carbons (Fsp3) is 0.500. The van der Waals surface area contributed by atoms with Gasteiger partial charge >= 0.3 is 0 Å². The molecule has 0 bridgehead atoms. The summed E-state index contributed by atoms with van der Waals surface area (Å²) in [4.78, 5) is 0. The van der Waals surface area contributed by atoms with Crippen LogP contribution in [-0.2, 0) is 32.0 Å². The monoisotopic (exact) mass is 272 g/mol. The van der Waals surface area contributed by atoms with Crippen molar-refractivity contribution in [2.75, 3.05) is 0 Å². The Balaban J connectivity index is 1.92. The van der Waals surface area contributed by atoms with E-state index in [1.54, 1.807) is 9.13 Å². The SMILES string of the molecule is Cn1c(S)nnc1COCc1nnc(S)n1C. The summed E-state index contributed by atoms with van der Waals surface area (Å²) in [5.74, 6) is 1.42. The molecule has 2 aromatic heterocycles. The highest BCUT2D eigenvalue weighted by molar-refractivity contribution is 7.80. The number of aromatic nitrogens is 6. The molecule has 0 aliphatic rings. The van der Waals surface area contributed by atoms with Gasteiger partial charge in [0.25, 0.3) is 0 Å². The highest BCUT2D eigenvalue weighted by Gasteiger charge is 2.08. The Morgan fingerprint density at radius 2 is 1.29 bits per heavy atom. The van der Waals surface area contributed by atoms with Gasteiger partial charge in [0.2, 0.25) is 0 Å². The zero-order valence-corrected chi connectivity index (χ0v) is 11.2. The molecule has 2 heterocycles. The van der Waals surface area contributed by atoms with E-state index >= 15 is 0 Å². The second-order valence-corrected chi connectivity index (χ2v) is 4.24. The van der Waals surface area contributed by atoms with E-state index in [9.17, 15) is 0 Å². The third-order valence-corrected chi connectivity index (χ3v) is 3.13. The Bertz CT molecular complexity index is 476. The molecule has 0 saturated carbocycles. The van der Waals surface area contributed by atoms with E-state index in [0.717, 1.165) is 0 Å². The lowest BCUT2D eigenvalue weighted by Crippen LogP contribution is -2.05. The molecule has 0 unspecified atom stereocenters. The minimum Gasteiger partial charge on any atom is -0.365 e. The minimum absolute atomic E-state index is 0.346. The van der Waals surface area contributed by atoms with Gasteiger partial charge < -0.3 is 13.9 Å². The third kappa shape index (κ3) is 2.61. The summed E-state index contributed by atoms with van der Waals surface area (Å²) in [6, 6.07) is 0. The molecular formula is C8H12N6OS2. The minimum atomic E-state index is 0.346. The van der Waals surface area contributed by atoms with Crippen molar-refractivity contribution >= 4 is 25.3 Å². The largest absolute Gasteiger partial charge is 0.365 e. The Hall–Kier alpha value is -1.06. The molecule has 0 aliphatic heterocycles. The summed E-state index contributed by atoms with van der Waals surface area (Å²) in [7, 11) is 3.66. The Labute approximate surface area is 109 Å². The van der Waals surface area contributed by atoms with Gasteiger partial charge in [0.15, 0.2) is 22.0 Å². The molecule has 0 aliphatic carbocycles. The topological polar surface area (TPSA) is 70.7 Å². The lowest BCUT2D eigenvalue weighted by Gasteiger charge is -2.03. The first-order chi connectivity index (χ1) is 8.09. The van der Waals surface area contributed by atoms with Gasteiger partial charge in [-0.15, -0.1) is 45.7 Å². The maximum Gasteiger partial charge on any atom is 0.187 e. The molecule has 7 nitrogen and oxygen atoms in total. The predicted molar refractivity (Wildman–Crippen MR) is 65.0 cm³/mol. The van der Waals surface area contributed by atoms with Crippen LogP contribution in [0.2, 0.25) is 0 Å². The van der Waals surface area contributed by atoms with E-state index in [1.807, 2.05) is 14.1 Å². The second-order valence-electron chi connectivity index (χ2n) is 3.44. The molecule has 0 aromatic carbocycles. The van der Waals surface area contributed by atoms with Crippen LogP contribution < -0.4 is 0 Å². The van der Waals surface area contributed by atoms with Gasteiger partial charge in [0.1, 0.15) is 13.2 Å². The van der Waals surface area contributed by atoms with Crippen molar-refractivity contribution in [2.45, 2.75) is 23.5 Å². The smallest absolute Gasteiger partial charge is 0.187 e. The summed E-state index contributed by atoms with van der Waals surface area (Å²) in [5, 5.41) is 16.6. The van der Waals surface area contributed by atoms with E-state index in [0.29, 0.717) is 35.2 Å². The van der Waals surface area contributed by atoms with E-state index < -0.39 is 0 Å². The normalized spacial score (nSPS) is 11.1. The highest BCUT2D eigenvalue weighted by atomic mass is 32.1. The van der Waals surface area contributed by atoms with Crippen molar-refractivity contribution in [1.29, 1.82) is 0 Å². The molecule has 0 fully saturated rings. The van der Waals surface area contributed by atoms with Gasteiger partial charge in [-0.3, -0.25) is 0 Å². The molecule has 0 saturated heterocycles. The molecular weight excluding hydrogens is 260 g/mol. The van der Waals surface area contributed by atoms with Gasteiger partial charge in [-0.1, -0.05) is 0 Å². The summed E-state index contributed by atoms with van der Waals surface area (Å²) in [5.41, 5.74) is 0. The summed E-state index contributed by atoms with van der Waals surface area (Å²) in [6.45, 7) is 0.692. The molecule has 0 amide bonds. The number of nitrogens with zero attached hydrogens (tertiary/aromatic N) is 6. The first-order valence-electron chi connectivity index (χ1n) is 4.81. The van der Waals surface area contributed by atoms with Gasteiger partial charge in [0, 0.05) is 14.1 Å². The summed E-state index contributed by atoms with van der Waals surface area (Å²) in [6.07, 6.45) is 0. The first-order valence-corrected chi connectivity index (χ1v) is 5.71. The van der Waals surface area contributed by atoms with Gasteiger partial charge in [-0.25, -0.2) is 0 Å². The average Bonchev–Trinajstić information content (AvgIpc) is 2.79. The molecule has 9 heteroatoms. The number of hydrogen-bond acceptors (Lipinski definition) is 7. The maximum absolute atomic E-state index is 5.48. The van der Waals surface area contributed by atoms with Crippen LogP contribution in [0.4, 0.5) is 0 Å². The third-order valence-electron chi connectivity index (χ3n) is 2.35. The molecule has 0 radical (unpaired) electrons. The molecule has 17 heavy (non-hydrogen) atoms. The standard InChI is InChI=1S/C8H12N6OS2/c1-13-5(9-11-7(13)16)3-15-4-6-10-12-8(17)14(6)2/h3-4H2,1-2H3,(H,11,16)(H,12,17). The zero-order chi connectivity index (χ0) is 12.4. The second kappa shape index (κ2) is 5.07. The van der Waals surface area contributed by atoms with Crippen LogP contribution in [-0.4, -0.2) is 29.5 Å².